The molecule has 0 bridgehead atoms. The summed E-state index contributed by atoms with van der Waals surface area (Å²) in [6.07, 6.45) is 0. The van der Waals surface area contributed by atoms with E-state index >= 15 is 0 Å². The van der Waals surface area contributed by atoms with Gasteiger partial charge in [-0.05, 0) is 35.0 Å². The topological polar surface area (TPSA) is 50.2 Å². The first-order chi connectivity index (χ1) is 7.99. The Morgan fingerprint density at radius 3 is 2.76 bits per heavy atom. The molecule has 88 valence electrons. The molecular weight excluding hydrogens is 326 g/mol. The average molecular weight is 333 g/mol. The van der Waals surface area contributed by atoms with Gasteiger partial charge in [0, 0.05) is 10.0 Å². The fourth-order valence-corrected chi connectivity index (χ4v) is 2.75. The molecule has 0 aliphatic carbocycles. The molecule has 0 atom stereocenters. The van der Waals surface area contributed by atoms with Crippen molar-refractivity contribution in [2.24, 2.45) is 0 Å². The molecule has 0 saturated carbocycles. The minimum Gasteiger partial charge on any atom is -0.477 e. The highest BCUT2D eigenvalue weighted by Crippen LogP contribution is 2.32. The Morgan fingerprint density at radius 2 is 2.24 bits per heavy atom. The molecule has 0 spiro atoms. The SMILES string of the molecule is Cc1nc(-c2ccc(Cl)c(Br)c2)sc1C(=O)O. The second kappa shape index (κ2) is 4.76. The molecule has 0 aliphatic heterocycles. The van der Waals surface area contributed by atoms with Gasteiger partial charge in [0.25, 0.3) is 0 Å². The van der Waals surface area contributed by atoms with E-state index in [9.17, 15) is 4.79 Å². The summed E-state index contributed by atoms with van der Waals surface area (Å²) >= 11 is 10.4. The number of aromatic nitrogens is 1. The molecule has 1 aromatic carbocycles. The van der Waals surface area contributed by atoms with Gasteiger partial charge in [0.15, 0.2) is 0 Å². The predicted molar refractivity (Wildman–Crippen MR) is 72.0 cm³/mol. The Kier molecular flexibility index (Phi) is 3.51. The van der Waals surface area contributed by atoms with Gasteiger partial charge in [0.2, 0.25) is 0 Å². The lowest BCUT2D eigenvalue weighted by Crippen LogP contribution is -1.94. The number of thiazole rings is 1. The molecule has 0 amide bonds. The van der Waals surface area contributed by atoms with Gasteiger partial charge in [-0.3, -0.25) is 0 Å². The molecular formula is C11H7BrClNO2S. The van der Waals surface area contributed by atoms with E-state index in [1.54, 1.807) is 13.0 Å². The van der Waals surface area contributed by atoms with Crippen molar-refractivity contribution < 1.29 is 9.90 Å². The number of hydrogen-bond donors (Lipinski definition) is 1. The number of carbonyl (C=O) groups is 1. The van der Waals surface area contributed by atoms with Gasteiger partial charge < -0.3 is 5.11 Å². The fraction of sp³-hybridized carbons (Fsp3) is 0.0909. The van der Waals surface area contributed by atoms with E-state index in [1.807, 2.05) is 12.1 Å². The van der Waals surface area contributed by atoms with Crippen molar-refractivity contribution in [3.8, 4) is 10.6 Å². The Hall–Kier alpha value is -0.910. The van der Waals surface area contributed by atoms with E-state index in [0.29, 0.717) is 15.7 Å². The Labute approximate surface area is 115 Å². The summed E-state index contributed by atoms with van der Waals surface area (Å²) < 4.78 is 0.765. The van der Waals surface area contributed by atoms with Crippen LogP contribution in [0.1, 0.15) is 15.4 Å². The van der Waals surface area contributed by atoms with Crippen molar-refractivity contribution in [3.63, 3.8) is 0 Å². The van der Waals surface area contributed by atoms with Crippen LogP contribution in [0.25, 0.3) is 10.6 Å². The van der Waals surface area contributed by atoms with Gasteiger partial charge in [-0.1, -0.05) is 17.7 Å². The van der Waals surface area contributed by atoms with Crippen LogP contribution in [0.15, 0.2) is 22.7 Å². The molecule has 2 rings (SSSR count). The number of halogens is 2. The zero-order valence-electron chi connectivity index (χ0n) is 8.70. The Morgan fingerprint density at radius 1 is 1.53 bits per heavy atom. The van der Waals surface area contributed by atoms with Gasteiger partial charge in [0.1, 0.15) is 9.88 Å². The van der Waals surface area contributed by atoms with Crippen LogP contribution in [0.4, 0.5) is 0 Å². The highest BCUT2D eigenvalue weighted by atomic mass is 79.9. The highest BCUT2D eigenvalue weighted by Gasteiger charge is 2.15. The molecule has 0 unspecified atom stereocenters. The zero-order valence-corrected chi connectivity index (χ0v) is 11.9. The number of aromatic carboxylic acids is 1. The molecule has 3 nitrogen and oxygen atoms in total. The third-order valence-electron chi connectivity index (χ3n) is 2.16. The van der Waals surface area contributed by atoms with Gasteiger partial charge in [0.05, 0.1) is 10.7 Å². The molecule has 6 heteroatoms. The third kappa shape index (κ3) is 2.51. The van der Waals surface area contributed by atoms with E-state index in [4.69, 9.17) is 16.7 Å². The van der Waals surface area contributed by atoms with E-state index < -0.39 is 5.97 Å². The maximum absolute atomic E-state index is 10.9. The number of aryl methyl sites for hydroxylation is 1. The van der Waals surface area contributed by atoms with Crippen LogP contribution in [0.5, 0.6) is 0 Å². The lowest BCUT2D eigenvalue weighted by molar-refractivity contribution is 0.0701. The lowest BCUT2D eigenvalue weighted by atomic mass is 10.2. The number of carboxylic acid groups (broad SMARTS) is 1. The molecule has 0 saturated heterocycles. The van der Waals surface area contributed by atoms with Gasteiger partial charge in [-0.25, -0.2) is 9.78 Å². The number of nitrogens with zero attached hydrogens (tertiary/aromatic N) is 1. The van der Waals surface area contributed by atoms with Crippen molar-refractivity contribution >= 4 is 44.8 Å². The second-order valence-electron chi connectivity index (χ2n) is 3.37. The number of benzene rings is 1. The van der Waals surface area contributed by atoms with Crippen molar-refractivity contribution in [2.75, 3.05) is 0 Å². The summed E-state index contributed by atoms with van der Waals surface area (Å²) in [7, 11) is 0. The molecule has 0 radical (unpaired) electrons. The summed E-state index contributed by atoms with van der Waals surface area (Å²) in [5, 5.41) is 10.3. The first-order valence-electron chi connectivity index (χ1n) is 4.65. The van der Waals surface area contributed by atoms with E-state index in [1.165, 1.54) is 0 Å². The van der Waals surface area contributed by atoms with Crippen LogP contribution in [0.3, 0.4) is 0 Å². The number of rotatable bonds is 2. The average Bonchev–Trinajstić information content (AvgIpc) is 2.64. The third-order valence-corrected chi connectivity index (χ3v) is 4.57. The molecule has 0 fully saturated rings. The first kappa shape index (κ1) is 12.5. The smallest absolute Gasteiger partial charge is 0.347 e. The maximum Gasteiger partial charge on any atom is 0.347 e. The van der Waals surface area contributed by atoms with E-state index in [2.05, 4.69) is 20.9 Å². The number of hydrogen-bond acceptors (Lipinski definition) is 3. The van der Waals surface area contributed by atoms with Crippen molar-refractivity contribution in [3.05, 3.63) is 38.3 Å². The van der Waals surface area contributed by atoms with Crippen LogP contribution in [-0.2, 0) is 0 Å². The molecule has 2 aromatic rings. The van der Waals surface area contributed by atoms with Crippen molar-refractivity contribution in [1.29, 1.82) is 0 Å². The highest BCUT2D eigenvalue weighted by molar-refractivity contribution is 9.10. The Balaban J connectivity index is 2.50. The van der Waals surface area contributed by atoms with Crippen molar-refractivity contribution in [1.82, 2.24) is 4.98 Å². The fourth-order valence-electron chi connectivity index (χ4n) is 1.35. The predicted octanol–water partition coefficient (Wildman–Crippen LogP) is 4.23. The normalized spacial score (nSPS) is 10.5. The summed E-state index contributed by atoms with van der Waals surface area (Å²) in [6, 6.07) is 5.39. The summed E-state index contributed by atoms with van der Waals surface area (Å²) in [5.41, 5.74) is 1.38. The second-order valence-corrected chi connectivity index (χ2v) is 5.63. The van der Waals surface area contributed by atoms with Gasteiger partial charge in [-0.15, -0.1) is 11.3 Å². The monoisotopic (exact) mass is 331 g/mol. The first-order valence-corrected chi connectivity index (χ1v) is 6.64. The van der Waals surface area contributed by atoms with Gasteiger partial charge >= 0.3 is 5.97 Å². The largest absolute Gasteiger partial charge is 0.477 e. The Bertz CT molecular complexity index is 597. The summed E-state index contributed by atoms with van der Waals surface area (Å²) in [4.78, 5) is 15.4. The summed E-state index contributed by atoms with van der Waals surface area (Å²) in [5.74, 6) is -0.945. The minimum atomic E-state index is -0.945. The minimum absolute atomic E-state index is 0.270. The van der Waals surface area contributed by atoms with E-state index in [-0.39, 0.29) is 4.88 Å². The van der Waals surface area contributed by atoms with E-state index in [0.717, 1.165) is 21.4 Å². The van der Waals surface area contributed by atoms with Crippen LogP contribution < -0.4 is 0 Å². The standard InChI is InChI=1S/C11H7BrClNO2S/c1-5-9(11(15)16)17-10(14-5)6-2-3-8(13)7(12)4-6/h2-4H,1H3,(H,15,16). The molecule has 0 aliphatic rings. The van der Waals surface area contributed by atoms with Crippen molar-refractivity contribution in [2.45, 2.75) is 6.92 Å². The quantitative estimate of drug-likeness (QED) is 0.895. The van der Waals surface area contributed by atoms with Crippen LogP contribution in [0, 0.1) is 6.92 Å². The van der Waals surface area contributed by atoms with Crippen LogP contribution in [-0.4, -0.2) is 16.1 Å². The molecule has 1 aromatic heterocycles. The maximum atomic E-state index is 10.9. The molecule has 1 N–H and O–H groups in total. The number of carboxylic acids is 1. The van der Waals surface area contributed by atoms with Gasteiger partial charge in [-0.2, -0.15) is 0 Å². The molecule has 1 heterocycles. The molecule has 17 heavy (non-hydrogen) atoms. The lowest BCUT2D eigenvalue weighted by Gasteiger charge is -1.99. The van der Waals surface area contributed by atoms with Crippen LogP contribution in [0.2, 0.25) is 5.02 Å². The summed E-state index contributed by atoms with van der Waals surface area (Å²) in [6.45, 7) is 1.69. The zero-order chi connectivity index (χ0) is 12.6. The van der Waals surface area contributed by atoms with Crippen LogP contribution >= 0.6 is 38.9 Å².